The number of anilines is 1. The topological polar surface area (TPSA) is 62.2 Å². The van der Waals surface area contributed by atoms with Crippen molar-refractivity contribution < 1.29 is 14.3 Å². The maximum absolute atomic E-state index is 13.6. The Morgan fingerprint density at radius 3 is 2.86 bits per heavy atom. The van der Waals surface area contributed by atoms with Gasteiger partial charge in [0.05, 0.1) is 0 Å². The highest BCUT2D eigenvalue weighted by Gasteiger charge is 2.16. The molecule has 0 fully saturated rings. The third kappa shape index (κ3) is 2.79. The molecule has 21 heavy (non-hydrogen) atoms. The molecular weight excluding hydrogens is 311 g/mol. The molecule has 0 aliphatic rings. The fraction of sp³-hybridized carbons (Fsp3) is 0. The van der Waals surface area contributed by atoms with E-state index in [1.807, 2.05) is 16.8 Å². The Bertz CT molecular complexity index is 764. The summed E-state index contributed by atoms with van der Waals surface area (Å²) in [4.78, 5) is 16.3. The van der Waals surface area contributed by atoms with Crippen molar-refractivity contribution >= 4 is 34.3 Å². The maximum Gasteiger partial charge on any atom is 0.275 e. The van der Waals surface area contributed by atoms with Crippen LogP contribution in [-0.4, -0.2) is 16.0 Å². The number of thiophene rings is 1. The van der Waals surface area contributed by atoms with E-state index in [4.69, 9.17) is 0 Å². The van der Waals surface area contributed by atoms with Crippen LogP contribution >= 0.6 is 22.7 Å². The summed E-state index contributed by atoms with van der Waals surface area (Å²) in [6.45, 7) is 0. The zero-order valence-corrected chi connectivity index (χ0v) is 12.2. The fourth-order valence-corrected chi connectivity index (χ4v) is 3.22. The van der Waals surface area contributed by atoms with Gasteiger partial charge in [-0.1, -0.05) is 6.07 Å². The molecule has 0 bridgehead atoms. The van der Waals surface area contributed by atoms with Gasteiger partial charge in [0.2, 0.25) is 0 Å². The van der Waals surface area contributed by atoms with Crippen LogP contribution in [0.5, 0.6) is 5.75 Å². The molecule has 2 N–H and O–H groups in total. The zero-order valence-electron chi connectivity index (χ0n) is 10.5. The number of para-hydroxylation sites is 1. The molecule has 7 heteroatoms. The standard InChI is InChI=1S/C14H9FN2O2S2/c15-9-2-1-3-11(18)12(9)17-13(19)10-7-21-14(16-10)8-4-5-20-6-8/h1-7,18H,(H,17,19). The minimum atomic E-state index is -0.698. The molecule has 0 saturated carbocycles. The second kappa shape index (κ2) is 5.63. The van der Waals surface area contributed by atoms with Crippen molar-refractivity contribution in [1.29, 1.82) is 0 Å². The first-order valence-electron chi connectivity index (χ1n) is 5.92. The van der Waals surface area contributed by atoms with E-state index < -0.39 is 11.7 Å². The molecule has 0 atom stereocenters. The van der Waals surface area contributed by atoms with Crippen LogP contribution in [0.2, 0.25) is 0 Å². The number of halogens is 1. The number of amides is 1. The van der Waals surface area contributed by atoms with Crippen LogP contribution in [0.1, 0.15) is 10.5 Å². The predicted octanol–water partition coefficient (Wildman–Crippen LogP) is 3.97. The molecule has 106 valence electrons. The van der Waals surface area contributed by atoms with Crippen LogP contribution in [0.15, 0.2) is 40.4 Å². The van der Waals surface area contributed by atoms with E-state index in [0.29, 0.717) is 0 Å². The van der Waals surface area contributed by atoms with E-state index in [0.717, 1.165) is 16.6 Å². The number of benzene rings is 1. The summed E-state index contributed by atoms with van der Waals surface area (Å²) >= 11 is 2.88. The number of nitrogens with zero attached hydrogens (tertiary/aromatic N) is 1. The molecule has 0 spiro atoms. The first-order valence-corrected chi connectivity index (χ1v) is 7.74. The van der Waals surface area contributed by atoms with Gasteiger partial charge in [0.15, 0.2) is 5.82 Å². The summed E-state index contributed by atoms with van der Waals surface area (Å²) < 4.78 is 13.6. The number of carbonyl (C=O) groups excluding carboxylic acids is 1. The Kier molecular flexibility index (Phi) is 3.68. The van der Waals surface area contributed by atoms with Crippen molar-refractivity contribution in [3.05, 3.63) is 51.9 Å². The zero-order chi connectivity index (χ0) is 14.8. The highest BCUT2D eigenvalue weighted by molar-refractivity contribution is 7.14. The van der Waals surface area contributed by atoms with Gasteiger partial charge in [-0.2, -0.15) is 11.3 Å². The lowest BCUT2D eigenvalue weighted by atomic mass is 10.2. The number of nitrogens with one attached hydrogen (secondary N) is 1. The second-order valence-corrected chi connectivity index (χ2v) is 5.78. The fourth-order valence-electron chi connectivity index (χ4n) is 1.71. The van der Waals surface area contributed by atoms with Crippen molar-refractivity contribution in [2.75, 3.05) is 5.32 Å². The molecule has 0 aliphatic carbocycles. The lowest BCUT2D eigenvalue weighted by molar-refractivity contribution is 0.102. The molecular formula is C14H9FN2O2S2. The molecule has 3 rings (SSSR count). The van der Waals surface area contributed by atoms with E-state index in [1.54, 1.807) is 16.7 Å². The Morgan fingerprint density at radius 1 is 1.29 bits per heavy atom. The number of rotatable bonds is 3. The summed E-state index contributed by atoms with van der Waals surface area (Å²) in [5.41, 5.74) is 0.884. The van der Waals surface area contributed by atoms with Crippen LogP contribution in [0.3, 0.4) is 0 Å². The number of carbonyl (C=O) groups is 1. The van der Waals surface area contributed by atoms with Gasteiger partial charge >= 0.3 is 0 Å². The maximum atomic E-state index is 13.6. The lowest BCUT2D eigenvalue weighted by Gasteiger charge is -2.06. The third-order valence-electron chi connectivity index (χ3n) is 2.74. The van der Waals surface area contributed by atoms with E-state index in [1.165, 1.54) is 23.5 Å². The van der Waals surface area contributed by atoms with Gasteiger partial charge < -0.3 is 10.4 Å². The van der Waals surface area contributed by atoms with Crippen LogP contribution in [0.25, 0.3) is 10.6 Å². The van der Waals surface area contributed by atoms with Gasteiger partial charge in [0.1, 0.15) is 22.1 Å². The quantitative estimate of drug-likeness (QED) is 0.718. The van der Waals surface area contributed by atoms with E-state index in [-0.39, 0.29) is 17.1 Å². The number of hydrogen-bond donors (Lipinski definition) is 2. The molecule has 4 nitrogen and oxygen atoms in total. The predicted molar refractivity (Wildman–Crippen MR) is 81.4 cm³/mol. The monoisotopic (exact) mass is 320 g/mol. The Labute approximate surface area is 127 Å². The smallest absolute Gasteiger partial charge is 0.275 e. The minimum Gasteiger partial charge on any atom is -0.506 e. The molecule has 0 saturated heterocycles. The van der Waals surface area contributed by atoms with Crippen molar-refractivity contribution in [1.82, 2.24) is 4.98 Å². The number of aromatic hydroxyl groups is 1. The first-order chi connectivity index (χ1) is 10.1. The molecule has 0 radical (unpaired) electrons. The van der Waals surface area contributed by atoms with Crippen LogP contribution in [0, 0.1) is 5.82 Å². The van der Waals surface area contributed by atoms with Gasteiger partial charge in [-0.05, 0) is 23.6 Å². The number of thiazole rings is 1. The van der Waals surface area contributed by atoms with Crippen molar-refractivity contribution in [3.63, 3.8) is 0 Å². The van der Waals surface area contributed by atoms with Gasteiger partial charge in [-0.3, -0.25) is 4.79 Å². The summed E-state index contributed by atoms with van der Waals surface area (Å²) in [5.74, 6) is -1.58. The number of hydrogen-bond acceptors (Lipinski definition) is 5. The van der Waals surface area contributed by atoms with E-state index in [2.05, 4.69) is 10.3 Å². The van der Waals surface area contributed by atoms with Gasteiger partial charge in [-0.15, -0.1) is 11.3 Å². The molecule has 3 aromatic rings. The molecule has 0 aliphatic heterocycles. The highest BCUT2D eigenvalue weighted by atomic mass is 32.1. The Balaban J connectivity index is 1.83. The normalized spacial score (nSPS) is 10.5. The summed E-state index contributed by atoms with van der Waals surface area (Å²) in [7, 11) is 0. The molecule has 1 aromatic carbocycles. The van der Waals surface area contributed by atoms with Crippen molar-refractivity contribution in [2.45, 2.75) is 0 Å². The summed E-state index contributed by atoms with van der Waals surface area (Å²) in [5, 5.41) is 18.1. The molecule has 0 unspecified atom stereocenters. The largest absolute Gasteiger partial charge is 0.506 e. The molecule has 2 aromatic heterocycles. The number of aromatic nitrogens is 1. The van der Waals surface area contributed by atoms with E-state index >= 15 is 0 Å². The minimum absolute atomic E-state index is 0.184. The van der Waals surface area contributed by atoms with Crippen molar-refractivity contribution in [3.8, 4) is 16.3 Å². The average molecular weight is 320 g/mol. The molecule has 2 heterocycles. The number of phenols is 1. The van der Waals surface area contributed by atoms with Gasteiger partial charge in [-0.25, -0.2) is 9.37 Å². The lowest BCUT2D eigenvalue weighted by Crippen LogP contribution is -2.13. The van der Waals surface area contributed by atoms with Crippen LogP contribution in [0.4, 0.5) is 10.1 Å². The van der Waals surface area contributed by atoms with Crippen molar-refractivity contribution in [2.24, 2.45) is 0 Å². The Morgan fingerprint density at radius 2 is 2.14 bits per heavy atom. The summed E-state index contributed by atoms with van der Waals surface area (Å²) in [6, 6.07) is 5.73. The van der Waals surface area contributed by atoms with E-state index in [9.17, 15) is 14.3 Å². The van der Waals surface area contributed by atoms with Crippen LogP contribution in [-0.2, 0) is 0 Å². The van der Waals surface area contributed by atoms with Gasteiger partial charge in [0, 0.05) is 16.3 Å². The first kappa shape index (κ1) is 13.7. The third-order valence-corrected chi connectivity index (χ3v) is 4.31. The summed E-state index contributed by atoms with van der Waals surface area (Å²) in [6.07, 6.45) is 0. The highest BCUT2D eigenvalue weighted by Crippen LogP contribution is 2.28. The second-order valence-electron chi connectivity index (χ2n) is 4.14. The SMILES string of the molecule is O=C(Nc1c(O)cccc1F)c1csc(-c2ccsc2)n1. The van der Waals surface area contributed by atoms with Crippen LogP contribution < -0.4 is 5.32 Å². The Hall–Kier alpha value is -2.25. The average Bonchev–Trinajstić information content (AvgIpc) is 3.12. The number of phenolic OH excluding ortho intramolecular Hbond substituents is 1. The van der Waals surface area contributed by atoms with Gasteiger partial charge in [0.25, 0.3) is 5.91 Å². The molecule has 1 amide bonds.